The van der Waals surface area contributed by atoms with Crippen LogP contribution in [0.5, 0.6) is 0 Å². The Labute approximate surface area is 89.5 Å². The Balaban J connectivity index is 2.64. The molecule has 0 aliphatic carbocycles. The molecule has 3 amide bonds. The van der Waals surface area contributed by atoms with Crippen LogP contribution in [0, 0.1) is 0 Å². The smallest absolute Gasteiger partial charge is 0.404 e. The lowest BCUT2D eigenvalue weighted by Gasteiger charge is -2.17. The summed E-state index contributed by atoms with van der Waals surface area (Å²) in [6.45, 7) is 0.876. The zero-order valence-electron chi connectivity index (χ0n) is 7.93. The first-order chi connectivity index (χ1) is 7.10. The van der Waals surface area contributed by atoms with Crippen LogP contribution in [0.2, 0.25) is 0 Å². The highest BCUT2D eigenvalue weighted by molar-refractivity contribution is 7.14. The van der Waals surface area contributed by atoms with Gasteiger partial charge >= 0.3 is 17.9 Å². The molecule has 0 aromatic carbocycles. The molecule has 2 heterocycles. The van der Waals surface area contributed by atoms with Gasteiger partial charge in [0, 0.05) is 6.07 Å². The van der Waals surface area contributed by atoms with Crippen LogP contribution in [0.15, 0.2) is 17.5 Å². The van der Waals surface area contributed by atoms with Crippen molar-refractivity contribution < 1.29 is 19.1 Å². The lowest BCUT2D eigenvalue weighted by molar-refractivity contribution is -0.136. The van der Waals surface area contributed by atoms with E-state index < -0.39 is 22.4 Å². The number of imide groups is 3. The average Bonchev–Trinajstić information content (AvgIpc) is 2.75. The third kappa shape index (κ3) is 1.15. The van der Waals surface area contributed by atoms with E-state index in [2.05, 4.69) is 4.74 Å². The summed E-state index contributed by atoms with van der Waals surface area (Å²) in [6, 6.07) is 3.26. The van der Waals surface area contributed by atoms with E-state index in [4.69, 9.17) is 0 Å². The van der Waals surface area contributed by atoms with E-state index in [1.165, 1.54) is 18.3 Å². The van der Waals surface area contributed by atoms with Crippen molar-refractivity contribution in [1.29, 1.82) is 0 Å². The summed E-state index contributed by atoms with van der Waals surface area (Å²) in [5, 5.41) is 2.09. The van der Waals surface area contributed by atoms with Crippen molar-refractivity contribution in [2.24, 2.45) is 0 Å². The maximum Gasteiger partial charge on any atom is 0.538 e. The van der Waals surface area contributed by atoms with Gasteiger partial charge in [0.25, 0.3) is 0 Å². The highest BCUT2D eigenvalue weighted by atomic mass is 32.1. The van der Waals surface area contributed by atoms with Crippen molar-refractivity contribution in [3.8, 4) is 0 Å². The van der Waals surface area contributed by atoms with Crippen molar-refractivity contribution in [2.45, 2.75) is 6.92 Å². The van der Waals surface area contributed by atoms with Gasteiger partial charge in [0.15, 0.2) is 0 Å². The molecule has 1 unspecified atom stereocenters. The third-order valence-corrected chi connectivity index (χ3v) is 3.22. The molecule has 0 saturated carbocycles. The van der Waals surface area contributed by atoms with Gasteiger partial charge in [-0.1, -0.05) is 15.8 Å². The first-order valence-corrected chi connectivity index (χ1v) is 5.13. The summed E-state index contributed by atoms with van der Waals surface area (Å²) >= 11 is 1.18. The number of nitrogens with zero attached hydrogens (tertiary/aromatic N) is 1. The molecule has 1 saturated heterocycles. The second-order valence-electron chi connectivity index (χ2n) is 3.09. The fourth-order valence-corrected chi connectivity index (χ4v) is 2.47. The highest BCUT2D eigenvalue weighted by Crippen LogP contribution is 2.33. The normalized spacial score (nSPS) is 25.4. The fourth-order valence-electron chi connectivity index (χ4n) is 1.55. The molecular formula is C9H8NO4S+. The molecule has 6 heteroatoms. The van der Waals surface area contributed by atoms with E-state index >= 15 is 0 Å². The monoisotopic (exact) mass is 226 g/mol. The molecular weight excluding hydrogens is 218 g/mol. The number of amides is 3. The molecule has 1 aliphatic heterocycles. The maximum absolute atomic E-state index is 11.7. The van der Waals surface area contributed by atoms with Crippen molar-refractivity contribution in [1.82, 2.24) is 4.48 Å². The quantitative estimate of drug-likeness (QED) is 0.677. The number of carbonyl (C=O) groups is 3. The number of thiophene rings is 1. The van der Waals surface area contributed by atoms with Gasteiger partial charge in [-0.3, -0.25) is 0 Å². The Morgan fingerprint density at radius 2 is 2.27 bits per heavy atom. The van der Waals surface area contributed by atoms with Gasteiger partial charge in [0.05, 0.1) is 6.92 Å². The Morgan fingerprint density at radius 1 is 1.53 bits per heavy atom. The number of hydrogen-bond donors (Lipinski definition) is 0. The van der Waals surface area contributed by atoms with Gasteiger partial charge < -0.3 is 4.74 Å². The van der Waals surface area contributed by atoms with Gasteiger partial charge in [0.1, 0.15) is 0 Å². The van der Waals surface area contributed by atoms with Gasteiger partial charge in [-0.15, -0.1) is 0 Å². The SMILES string of the molecule is CC(=O)[N+]1(c2cccs2)C(=O)COC1=O. The van der Waals surface area contributed by atoms with Crippen molar-refractivity contribution >= 4 is 34.2 Å². The molecule has 1 aromatic rings. The van der Waals surface area contributed by atoms with E-state index in [1.54, 1.807) is 17.5 Å². The van der Waals surface area contributed by atoms with Gasteiger partial charge in [-0.2, -0.15) is 4.79 Å². The zero-order chi connectivity index (χ0) is 11.1. The van der Waals surface area contributed by atoms with E-state index in [0.717, 1.165) is 0 Å². The van der Waals surface area contributed by atoms with Gasteiger partial charge in [-0.25, -0.2) is 9.59 Å². The van der Waals surface area contributed by atoms with Gasteiger partial charge in [0.2, 0.25) is 11.6 Å². The number of rotatable bonds is 1. The maximum atomic E-state index is 11.7. The summed E-state index contributed by atoms with van der Waals surface area (Å²) in [7, 11) is 0. The first kappa shape index (κ1) is 10.0. The minimum absolute atomic E-state index is 0.337. The third-order valence-electron chi connectivity index (χ3n) is 2.28. The molecule has 1 fully saturated rings. The molecule has 5 nitrogen and oxygen atoms in total. The minimum atomic E-state index is -0.933. The molecule has 0 N–H and O–H groups in total. The standard InChI is InChI=1S/C9H8NO4S/c1-6(11)10(8-3-2-4-15-8)7(12)5-14-9(10)13/h2-4H,5H2,1H3/q+1. The Kier molecular flexibility index (Phi) is 2.17. The van der Waals surface area contributed by atoms with Crippen LogP contribution < -0.4 is 4.48 Å². The second-order valence-corrected chi connectivity index (χ2v) is 4.02. The second kappa shape index (κ2) is 3.25. The highest BCUT2D eigenvalue weighted by Gasteiger charge is 2.59. The Morgan fingerprint density at radius 3 is 2.67 bits per heavy atom. The molecule has 78 valence electrons. The van der Waals surface area contributed by atoms with Crippen molar-refractivity contribution in [3.05, 3.63) is 17.5 Å². The summed E-state index contributed by atoms with van der Waals surface area (Å²) in [5.41, 5.74) is 0. The number of hydrogen-bond acceptors (Lipinski definition) is 5. The Hall–Kier alpha value is -1.53. The lowest BCUT2D eigenvalue weighted by Crippen LogP contribution is -2.56. The molecule has 0 bridgehead atoms. The van der Waals surface area contributed by atoms with E-state index in [1.807, 2.05) is 0 Å². The zero-order valence-corrected chi connectivity index (χ0v) is 8.74. The largest absolute Gasteiger partial charge is 0.538 e. The molecule has 2 rings (SSSR count). The number of ether oxygens (including phenoxy) is 1. The van der Waals surface area contributed by atoms with Gasteiger partial charge in [-0.05, 0) is 11.4 Å². The van der Waals surface area contributed by atoms with Crippen molar-refractivity contribution in [3.63, 3.8) is 0 Å². The van der Waals surface area contributed by atoms with Crippen LogP contribution >= 0.6 is 11.3 Å². The average molecular weight is 226 g/mol. The molecule has 15 heavy (non-hydrogen) atoms. The Bertz CT molecular complexity index is 421. The van der Waals surface area contributed by atoms with Crippen molar-refractivity contribution in [2.75, 3.05) is 6.61 Å². The number of cyclic esters (lactones) is 1. The van der Waals surface area contributed by atoms with E-state index in [9.17, 15) is 14.4 Å². The molecule has 1 atom stereocenters. The van der Waals surface area contributed by atoms with Crippen LogP contribution in [0.1, 0.15) is 6.92 Å². The summed E-state index contributed by atoms with van der Waals surface area (Å²) < 4.78 is 3.70. The molecule has 0 radical (unpaired) electrons. The lowest BCUT2D eigenvalue weighted by atomic mass is 10.4. The minimum Gasteiger partial charge on any atom is -0.404 e. The predicted octanol–water partition coefficient (Wildman–Crippen LogP) is 1.28. The van der Waals surface area contributed by atoms with Crippen LogP contribution in [-0.4, -0.2) is 24.5 Å². The summed E-state index contributed by atoms with van der Waals surface area (Å²) in [4.78, 5) is 34.8. The van der Waals surface area contributed by atoms with Crippen LogP contribution in [-0.2, 0) is 14.3 Å². The molecule has 1 aromatic heterocycles. The van der Waals surface area contributed by atoms with E-state index in [0.29, 0.717) is 5.00 Å². The van der Waals surface area contributed by atoms with E-state index in [-0.39, 0.29) is 6.61 Å². The van der Waals surface area contributed by atoms with Crippen LogP contribution in [0.4, 0.5) is 9.80 Å². The summed E-state index contributed by atoms with van der Waals surface area (Å²) in [6.07, 6.45) is -0.810. The predicted molar refractivity (Wildman–Crippen MR) is 53.1 cm³/mol. The van der Waals surface area contributed by atoms with Crippen LogP contribution in [0.3, 0.4) is 0 Å². The number of carbonyl (C=O) groups excluding carboxylic acids is 3. The summed E-state index contributed by atoms with van der Waals surface area (Å²) in [5.74, 6) is -1.07. The topological polar surface area (TPSA) is 60.4 Å². The number of quaternary nitrogens is 1. The molecule has 0 spiro atoms. The van der Waals surface area contributed by atoms with Crippen LogP contribution in [0.25, 0.3) is 0 Å². The first-order valence-electron chi connectivity index (χ1n) is 4.25. The fraction of sp³-hybridized carbons (Fsp3) is 0.222. The molecule has 1 aliphatic rings.